The number of ether oxygens (including phenoxy) is 2. The van der Waals surface area contributed by atoms with Crippen molar-refractivity contribution >= 4 is 58.1 Å². The van der Waals surface area contributed by atoms with Gasteiger partial charge in [0.25, 0.3) is 0 Å². The van der Waals surface area contributed by atoms with Crippen molar-refractivity contribution in [2.24, 2.45) is 5.73 Å². The standard InChI is InChI=1S/C19H20Cl4N2O3/c1-25(19(24)26,10-16(27-2)28-3)12-6-4-11(5-7-12)8-13-17(22)14(20)9-15(21)18(13)23/h4-7,9,16H,8,10H2,1-3H3,(H-,24,26)/p+1. The first-order valence-electron chi connectivity index (χ1n) is 8.26. The van der Waals surface area contributed by atoms with Crippen LogP contribution in [0.25, 0.3) is 0 Å². The number of likely N-dealkylation sites (N-methyl/N-ethyl adjacent to an activating group) is 1. The summed E-state index contributed by atoms with van der Waals surface area (Å²) in [5.41, 5.74) is 7.90. The van der Waals surface area contributed by atoms with Crippen LogP contribution in [-0.4, -0.2) is 40.1 Å². The van der Waals surface area contributed by atoms with Crippen molar-refractivity contribution in [2.75, 3.05) is 27.8 Å². The molecule has 0 bridgehead atoms. The minimum atomic E-state index is -0.580. The van der Waals surface area contributed by atoms with Gasteiger partial charge in [-0.25, -0.2) is 9.28 Å². The SMILES string of the molecule is COC(C[N+](C)(C(N)=O)c1ccc(Cc2c(Cl)c(Cl)cc(Cl)c2Cl)cc1)OC. The van der Waals surface area contributed by atoms with Crippen LogP contribution in [0.4, 0.5) is 10.5 Å². The van der Waals surface area contributed by atoms with Gasteiger partial charge in [0.1, 0.15) is 12.2 Å². The minimum absolute atomic E-state index is 0.183. The van der Waals surface area contributed by atoms with Crippen molar-refractivity contribution in [3.63, 3.8) is 0 Å². The molecule has 2 N–H and O–H groups in total. The number of methoxy groups -OCH3 is 2. The number of quaternary nitrogens is 1. The summed E-state index contributed by atoms with van der Waals surface area (Å²) in [7, 11) is 4.71. The zero-order valence-corrected chi connectivity index (χ0v) is 18.7. The monoisotopic (exact) mass is 465 g/mol. The number of carbonyl (C=O) groups excluding carboxylic acids is 1. The van der Waals surface area contributed by atoms with Crippen LogP contribution < -0.4 is 10.2 Å². The average Bonchev–Trinajstić information content (AvgIpc) is 2.68. The van der Waals surface area contributed by atoms with Crippen LogP contribution >= 0.6 is 46.4 Å². The van der Waals surface area contributed by atoms with E-state index >= 15 is 0 Å². The number of urea groups is 1. The van der Waals surface area contributed by atoms with Crippen molar-refractivity contribution in [3.8, 4) is 0 Å². The highest BCUT2D eigenvalue weighted by atomic mass is 35.5. The number of primary amides is 1. The minimum Gasteiger partial charge on any atom is -0.351 e. The molecule has 2 aromatic carbocycles. The Morgan fingerprint density at radius 1 is 1.04 bits per heavy atom. The number of benzene rings is 2. The van der Waals surface area contributed by atoms with Gasteiger partial charge in [-0.05, 0) is 29.3 Å². The van der Waals surface area contributed by atoms with Crippen LogP contribution in [0.15, 0.2) is 30.3 Å². The number of rotatable bonds is 7. The lowest BCUT2D eigenvalue weighted by atomic mass is 10.0. The molecular weight excluding hydrogens is 446 g/mol. The molecule has 0 spiro atoms. The number of nitrogens with zero attached hydrogens (tertiary/aromatic N) is 1. The Bertz CT molecular complexity index is 831. The van der Waals surface area contributed by atoms with E-state index in [4.69, 9.17) is 61.6 Å². The summed E-state index contributed by atoms with van der Waals surface area (Å²) in [5.74, 6) is 0. The number of hydrogen-bond donors (Lipinski definition) is 1. The van der Waals surface area contributed by atoms with Gasteiger partial charge in [0.15, 0.2) is 0 Å². The Balaban J connectivity index is 2.34. The van der Waals surface area contributed by atoms with Gasteiger partial charge in [-0.3, -0.25) is 0 Å². The molecule has 0 aromatic heterocycles. The summed E-state index contributed by atoms with van der Waals surface area (Å²) in [4.78, 5) is 12.1. The highest BCUT2D eigenvalue weighted by Crippen LogP contribution is 2.38. The topological polar surface area (TPSA) is 61.5 Å². The predicted octanol–water partition coefficient (Wildman–Crippen LogP) is 5.53. The largest absolute Gasteiger partial charge is 0.419 e. The average molecular weight is 467 g/mol. The molecule has 2 amide bonds. The van der Waals surface area contributed by atoms with Crippen molar-refractivity contribution in [3.05, 3.63) is 61.5 Å². The first-order valence-corrected chi connectivity index (χ1v) is 9.77. The highest BCUT2D eigenvalue weighted by Gasteiger charge is 2.35. The number of halogens is 4. The van der Waals surface area contributed by atoms with Gasteiger partial charge in [0, 0.05) is 20.6 Å². The second kappa shape index (κ2) is 9.63. The maximum atomic E-state index is 12.1. The molecule has 0 aliphatic heterocycles. The maximum absolute atomic E-state index is 12.1. The van der Waals surface area contributed by atoms with E-state index in [1.54, 1.807) is 7.05 Å². The molecule has 0 aliphatic carbocycles. The molecule has 9 heteroatoms. The Morgan fingerprint density at radius 3 is 1.96 bits per heavy atom. The summed E-state index contributed by atoms with van der Waals surface area (Å²) < 4.78 is 10.3. The van der Waals surface area contributed by atoms with E-state index < -0.39 is 12.3 Å². The third-order valence-corrected chi connectivity index (χ3v) is 6.27. The molecule has 152 valence electrons. The van der Waals surface area contributed by atoms with Gasteiger partial charge >= 0.3 is 6.03 Å². The third-order valence-electron chi connectivity index (χ3n) is 4.62. The fourth-order valence-corrected chi connectivity index (χ4v) is 3.77. The zero-order valence-electron chi connectivity index (χ0n) is 15.6. The van der Waals surface area contributed by atoms with Crippen molar-refractivity contribution in [1.29, 1.82) is 0 Å². The molecule has 2 rings (SSSR count). The number of hydrogen-bond acceptors (Lipinski definition) is 3. The van der Waals surface area contributed by atoms with Crippen LogP contribution in [0.5, 0.6) is 0 Å². The Morgan fingerprint density at radius 2 is 1.54 bits per heavy atom. The first kappa shape index (κ1) is 23.2. The van der Waals surface area contributed by atoms with Gasteiger partial charge in [-0.2, -0.15) is 0 Å². The summed E-state index contributed by atoms with van der Waals surface area (Å²) >= 11 is 24.8. The smallest absolute Gasteiger partial charge is 0.351 e. The number of carbonyl (C=O) groups is 1. The Hall–Kier alpha value is -1.05. The molecule has 28 heavy (non-hydrogen) atoms. The van der Waals surface area contributed by atoms with E-state index in [1.165, 1.54) is 20.3 Å². The van der Waals surface area contributed by atoms with E-state index in [0.717, 1.165) is 5.56 Å². The zero-order chi connectivity index (χ0) is 21.1. The molecule has 0 heterocycles. The van der Waals surface area contributed by atoms with Crippen LogP contribution in [-0.2, 0) is 15.9 Å². The van der Waals surface area contributed by atoms with E-state index in [1.807, 2.05) is 24.3 Å². The number of nitrogens with two attached hydrogens (primary N) is 1. The van der Waals surface area contributed by atoms with Crippen molar-refractivity contribution < 1.29 is 14.3 Å². The second-order valence-corrected chi connectivity index (χ2v) is 7.97. The molecule has 0 saturated heterocycles. The molecule has 0 saturated carbocycles. The molecule has 2 aromatic rings. The quantitative estimate of drug-likeness (QED) is 0.331. The maximum Gasteiger partial charge on any atom is 0.419 e. The molecule has 0 aliphatic rings. The lowest BCUT2D eigenvalue weighted by molar-refractivity contribution is -0.108. The molecule has 1 unspecified atom stereocenters. The van der Waals surface area contributed by atoms with E-state index in [-0.39, 0.29) is 11.0 Å². The number of amides is 2. The van der Waals surface area contributed by atoms with Gasteiger partial charge in [-0.15, -0.1) is 0 Å². The highest BCUT2D eigenvalue weighted by molar-refractivity contribution is 6.48. The summed E-state index contributed by atoms with van der Waals surface area (Å²) in [6, 6.07) is 8.35. The molecule has 0 fully saturated rings. The normalized spacial score (nSPS) is 13.6. The lowest BCUT2D eigenvalue weighted by Crippen LogP contribution is -2.57. The first-order chi connectivity index (χ1) is 13.1. The second-order valence-electron chi connectivity index (χ2n) is 6.40. The van der Waals surface area contributed by atoms with Gasteiger partial charge in [0.2, 0.25) is 6.29 Å². The van der Waals surface area contributed by atoms with Gasteiger partial charge < -0.3 is 15.2 Å². The van der Waals surface area contributed by atoms with Gasteiger partial charge in [-0.1, -0.05) is 58.5 Å². The molecular formula is C19H21Cl4N2O3+. The summed E-state index contributed by atoms with van der Waals surface area (Å²) in [6.45, 7) is 0.225. The molecule has 1 atom stereocenters. The fourth-order valence-electron chi connectivity index (χ4n) is 2.79. The van der Waals surface area contributed by atoms with Crippen LogP contribution in [0.1, 0.15) is 11.1 Å². The van der Waals surface area contributed by atoms with Crippen LogP contribution in [0.3, 0.4) is 0 Å². The van der Waals surface area contributed by atoms with E-state index in [0.29, 0.717) is 37.8 Å². The Kier molecular flexibility index (Phi) is 7.99. The van der Waals surface area contributed by atoms with E-state index in [2.05, 4.69) is 0 Å². The predicted molar refractivity (Wildman–Crippen MR) is 116 cm³/mol. The molecule has 5 nitrogen and oxygen atoms in total. The van der Waals surface area contributed by atoms with E-state index in [9.17, 15) is 4.79 Å². The molecule has 0 radical (unpaired) electrons. The van der Waals surface area contributed by atoms with Gasteiger partial charge in [0.05, 0.1) is 27.1 Å². The summed E-state index contributed by atoms with van der Waals surface area (Å²) in [5, 5.41) is 1.40. The van der Waals surface area contributed by atoms with Crippen molar-refractivity contribution in [1.82, 2.24) is 4.48 Å². The lowest BCUT2D eigenvalue weighted by Gasteiger charge is -2.31. The Labute approximate surface area is 184 Å². The van der Waals surface area contributed by atoms with Crippen LogP contribution in [0, 0.1) is 0 Å². The van der Waals surface area contributed by atoms with Crippen LogP contribution in [0.2, 0.25) is 20.1 Å². The third kappa shape index (κ3) is 4.92. The summed E-state index contributed by atoms with van der Waals surface area (Å²) in [6.07, 6.45) is -0.152. The van der Waals surface area contributed by atoms with Crippen molar-refractivity contribution in [2.45, 2.75) is 12.7 Å². The fraction of sp³-hybridized carbons (Fsp3) is 0.316.